The second-order valence-electron chi connectivity index (χ2n) is 3.65. The number of hydrogen-bond donors (Lipinski definition) is 1. The summed E-state index contributed by atoms with van der Waals surface area (Å²) in [4.78, 5) is 10.7. The summed E-state index contributed by atoms with van der Waals surface area (Å²) in [6.45, 7) is 0. The average Bonchev–Trinajstić information content (AvgIpc) is 2.26. The van der Waals surface area contributed by atoms with Crippen molar-refractivity contribution in [3.63, 3.8) is 0 Å². The molecule has 15 heavy (non-hydrogen) atoms. The van der Waals surface area contributed by atoms with Gasteiger partial charge in [0.15, 0.2) is 0 Å². The maximum atomic E-state index is 10.7. The number of rotatable bonds is 3. The minimum absolute atomic E-state index is 0.247. The SMILES string of the molecule is NC(=O)CCc1ccc2ccccc2c1. The molecule has 2 nitrogen and oxygen atoms in total. The molecular weight excluding hydrogens is 186 g/mol. The van der Waals surface area contributed by atoms with Gasteiger partial charge in [0.2, 0.25) is 5.91 Å². The molecule has 76 valence electrons. The van der Waals surface area contributed by atoms with Crippen LogP contribution in [0.5, 0.6) is 0 Å². The number of carbonyl (C=O) groups is 1. The topological polar surface area (TPSA) is 43.1 Å². The molecule has 2 aromatic rings. The van der Waals surface area contributed by atoms with Crippen LogP contribution in [0.15, 0.2) is 42.5 Å². The number of primary amides is 1. The summed E-state index contributed by atoms with van der Waals surface area (Å²) < 4.78 is 0. The van der Waals surface area contributed by atoms with Gasteiger partial charge in [0.1, 0.15) is 0 Å². The normalized spacial score (nSPS) is 10.4. The molecule has 0 radical (unpaired) electrons. The molecule has 0 unspecified atom stereocenters. The highest BCUT2D eigenvalue weighted by atomic mass is 16.1. The molecule has 0 spiro atoms. The third-order valence-electron chi connectivity index (χ3n) is 2.47. The van der Waals surface area contributed by atoms with E-state index in [9.17, 15) is 4.79 Å². The van der Waals surface area contributed by atoms with E-state index in [0.717, 1.165) is 12.0 Å². The lowest BCUT2D eigenvalue weighted by Gasteiger charge is -2.02. The van der Waals surface area contributed by atoms with Gasteiger partial charge in [-0.15, -0.1) is 0 Å². The van der Waals surface area contributed by atoms with Crippen molar-refractivity contribution in [2.24, 2.45) is 5.73 Å². The Bertz CT molecular complexity index is 491. The summed E-state index contributed by atoms with van der Waals surface area (Å²) in [5, 5.41) is 2.43. The molecule has 0 saturated carbocycles. The van der Waals surface area contributed by atoms with Gasteiger partial charge in [-0.25, -0.2) is 0 Å². The summed E-state index contributed by atoms with van der Waals surface area (Å²) in [6.07, 6.45) is 1.14. The summed E-state index contributed by atoms with van der Waals surface area (Å²) in [5.41, 5.74) is 6.27. The second kappa shape index (κ2) is 4.13. The highest BCUT2D eigenvalue weighted by Crippen LogP contribution is 2.16. The van der Waals surface area contributed by atoms with Crippen LogP contribution in [-0.2, 0) is 11.2 Å². The van der Waals surface area contributed by atoms with E-state index in [1.54, 1.807) is 0 Å². The van der Waals surface area contributed by atoms with Crippen molar-refractivity contribution < 1.29 is 4.79 Å². The number of amides is 1. The van der Waals surface area contributed by atoms with Crippen molar-refractivity contribution in [1.29, 1.82) is 0 Å². The Labute approximate surface area is 88.7 Å². The smallest absolute Gasteiger partial charge is 0.217 e. The van der Waals surface area contributed by atoms with E-state index in [-0.39, 0.29) is 5.91 Å². The fraction of sp³-hybridized carbons (Fsp3) is 0.154. The van der Waals surface area contributed by atoms with E-state index < -0.39 is 0 Å². The van der Waals surface area contributed by atoms with Crippen molar-refractivity contribution >= 4 is 16.7 Å². The molecule has 0 aliphatic carbocycles. The molecule has 2 N–H and O–H groups in total. The number of carbonyl (C=O) groups excluding carboxylic acids is 1. The fourth-order valence-corrected chi connectivity index (χ4v) is 1.66. The fourth-order valence-electron chi connectivity index (χ4n) is 1.66. The first-order chi connectivity index (χ1) is 7.25. The molecule has 0 heterocycles. The van der Waals surface area contributed by atoms with Crippen LogP contribution < -0.4 is 5.73 Å². The van der Waals surface area contributed by atoms with Gasteiger partial charge in [-0.1, -0.05) is 42.5 Å². The van der Waals surface area contributed by atoms with E-state index in [1.807, 2.05) is 18.2 Å². The Kier molecular flexibility index (Phi) is 2.68. The first-order valence-corrected chi connectivity index (χ1v) is 5.02. The lowest BCUT2D eigenvalue weighted by Crippen LogP contribution is -2.11. The quantitative estimate of drug-likeness (QED) is 0.809. The van der Waals surface area contributed by atoms with Gasteiger partial charge in [0, 0.05) is 6.42 Å². The van der Waals surface area contributed by atoms with E-state index in [2.05, 4.69) is 24.3 Å². The summed E-state index contributed by atoms with van der Waals surface area (Å²) >= 11 is 0. The van der Waals surface area contributed by atoms with Gasteiger partial charge in [-0.2, -0.15) is 0 Å². The summed E-state index contributed by atoms with van der Waals surface area (Å²) in [7, 11) is 0. The second-order valence-corrected chi connectivity index (χ2v) is 3.65. The number of hydrogen-bond acceptors (Lipinski definition) is 1. The Hall–Kier alpha value is -1.83. The van der Waals surface area contributed by atoms with E-state index in [0.29, 0.717) is 6.42 Å². The maximum absolute atomic E-state index is 10.7. The van der Waals surface area contributed by atoms with Crippen molar-refractivity contribution in [3.05, 3.63) is 48.0 Å². The lowest BCUT2D eigenvalue weighted by atomic mass is 10.0. The van der Waals surface area contributed by atoms with Gasteiger partial charge in [-0.05, 0) is 22.8 Å². The molecule has 0 saturated heterocycles. The third-order valence-corrected chi connectivity index (χ3v) is 2.47. The number of aryl methyl sites for hydroxylation is 1. The molecule has 2 heteroatoms. The third kappa shape index (κ3) is 2.34. The molecule has 2 aromatic carbocycles. The van der Waals surface area contributed by atoms with Crippen LogP contribution in [0, 0.1) is 0 Å². The Balaban J connectivity index is 2.26. The first kappa shape index (κ1) is 9.71. The molecule has 2 rings (SSSR count). The molecule has 0 aliphatic heterocycles. The average molecular weight is 199 g/mol. The zero-order valence-electron chi connectivity index (χ0n) is 8.44. The van der Waals surface area contributed by atoms with Crippen LogP contribution in [0.3, 0.4) is 0 Å². The lowest BCUT2D eigenvalue weighted by molar-refractivity contribution is -0.117. The molecule has 0 aliphatic rings. The zero-order valence-corrected chi connectivity index (χ0v) is 8.44. The standard InChI is InChI=1S/C13H13NO/c14-13(15)8-6-10-5-7-11-3-1-2-4-12(11)9-10/h1-5,7,9H,6,8H2,(H2,14,15). The Morgan fingerprint density at radius 1 is 1.07 bits per heavy atom. The van der Waals surface area contributed by atoms with E-state index >= 15 is 0 Å². The van der Waals surface area contributed by atoms with Gasteiger partial charge in [0.25, 0.3) is 0 Å². The monoisotopic (exact) mass is 199 g/mol. The summed E-state index contributed by atoms with van der Waals surface area (Å²) in [5.74, 6) is -0.247. The largest absolute Gasteiger partial charge is 0.370 e. The van der Waals surface area contributed by atoms with E-state index in [4.69, 9.17) is 5.73 Å². The number of nitrogens with two attached hydrogens (primary N) is 1. The van der Waals surface area contributed by atoms with Crippen LogP contribution in [0.4, 0.5) is 0 Å². The highest BCUT2D eigenvalue weighted by Gasteiger charge is 1.98. The number of fused-ring (bicyclic) bond motifs is 1. The molecule has 0 aromatic heterocycles. The highest BCUT2D eigenvalue weighted by molar-refractivity contribution is 5.83. The predicted octanol–water partition coefficient (Wildman–Crippen LogP) is 2.26. The Morgan fingerprint density at radius 2 is 1.80 bits per heavy atom. The predicted molar refractivity (Wildman–Crippen MR) is 61.5 cm³/mol. The van der Waals surface area contributed by atoms with Gasteiger partial charge >= 0.3 is 0 Å². The van der Waals surface area contributed by atoms with Crippen molar-refractivity contribution in [2.75, 3.05) is 0 Å². The van der Waals surface area contributed by atoms with Crippen LogP contribution in [0.2, 0.25) is 0 Å². The zero-order chi connectivity index (χ0) is 10.7. The van der Waals surface area contributed by atoms with Gasteiger partial charge < -0.3 is 5.73 Å². The van der Waals surface area contributed by atoms with Crippen LogP contribution in [0.1, 0.15) is 12.0 Å². The maximum Gasteiger partial charge on any atom is 0.217 e. The van der Waals surface area contributed by atoms with Crippen molar-refractivity contribution in [2.45, 2.75) is 12.8 Å². The summed E-state index contributed by atoms with van der Waals surface area (Å²) in [6, 6.07) is 14.4. The first-order valence-electron chi connectivity index (χ1n) is 5.02. The Morgan fingerprint density at radius 3 is 2.53 bits per heavy atom. The molecular formula is C13H13NO. The van der Waals surface area contributed by atoms with Crippen LogP contribution in [-0.4, -0.2) is 5.91 Å². The molecule has 0 bridgehead atoms. The number of benzene rings is 2. The minimum Gasteiger partial charge on any atom is -0.370 e. The van der Waals surface area contributed by atoms with E-state index in [1.165, 1.54) is 10.8 Å². The molecule has 1 amide bonds. The van der Waals surface area contributed by atoms with Crippen LogP contribution >= 0.6 is 0 Å². The van der Waals surface area contributed by atoms with Crippen molar-refractivity contribution in [1.82, 2.24) is 0 Å². The molecule has 0 fully saturated rings. The van der Waals surface area contributed by atoms with Gasteiger partial charge in [-0.3, -0.25) is 4.79 Å². The van der Waals surface area contributed by atoms with Crippen molar-refractivity contribution in [3.8, 4) is 0 Å². The minimum atomic E-state index is -0.247. The van der Waals surface area contributed by atoms with Crippen LogP contribution in [0.25, 0.3) is 10.8 Å². The molecule has 0 atom stereocenters. The van der Waals surface area contributed by atoms with Gasteiger partial charge in [0.05, 0.1) is 0 Å².